The van der Waals surface area contributed by atoms with Crippen LogP contribution >= 0.6 is 0 Å². The molecule has 0 aliphatic heterocycles. The summed E-state index contributed by atoms with van der Waals surface area (Å²) in [7, 11) is 0. The van der Waals surface area contributed by atoms with Crippen molar-refractivity contribution in [1.82, 2.24) is 20.4 Å². The summed E-state index contributed by atoms with van der Waals surface area (Å²) in [5, 5.41) is 24.8. The van der Waals surface area contributed by atoms with Gasteiger partial charge in [-0.3, -0.25) is 19.2 Å². The number of aromatic nitrogens is 4. The Kier molecular flexibility index (Phi) is 12.3. The number of carboxylic acids is 1. The van der Waals surface area contributed by atoms with E-state index in [-0.39, 0.29) is 54.3 Å². The molecule has 0 radical (unpaired) electrons. The average Bonchev–Trinajstić information content (AvgIpc) is 3.03. The molecule has 0 bridgehead atoms. The Morgan fingerprint density at radius 2 is 1.04 bits per heavy atom. The number of carboxylic acid groups (broad SMARTS) is 1. The minimum Gasteiger partial charge on any atom is -0.870 e. The predicted molar refractivity (Wildman–Crippen MR) is 169 cm³/mol. The van der Waals surface area contributed by atoms with E-state index in [1.807, 2.05) is 66.7 Å². The van der Waals surface area contributed by atoms with Gasteiger partial charge in [-0.2, -0.15) is 10.2 Å². The Balaban J connectivity index is 0.000000241. The van der Waals surface area contributed by atoms with Crippen LogP contribution in [0.25, 0.3) is 44.1 Å². The fourth-order valence-corrected chi connectivity index (χ4v) is 4.78. The zero-order valence-corrected chi connectivity index (χ0v) is 25.2. The molecule has 0 atom stereocenters. The van der Waals surface area contributed by atoms with Crippen LogP contribution in [0.1, 0.15) is 18.1 Å². The number of fused-ring (bicyclic) bond motifs is 2. The summed E-state index contributed by atoms with van der Waals surface area (Å²) in [5.41, 5.74) is 4.26. The zero-order chi connectivity index (χ0) is 31.1. The van der Waals surface area contributed by atoms with Gasteiger partial charge in [0.2, 0.25) is 0 Å². The fraction of sp³-hybridized carbons (Fsp3) is 0.118. The van der Waals surface area contributed by atoms with Gasteiger partial charge in [-0.1, -0.05) is 84.9 Å². The standard InChI is InChI=1S/C18H16N2O3.C16H12N2O3.Li.H2O/c1-2-23-16(21)11-12-7-9-13(10-8-12)17-14-5-3-4-6-15(14)18(22)20-19-17;19-14(20)9-10-5-7-11(8-6-10)15-12-3-1-2-4-13(12)16(21)18-17-15;;/h3-10H,2,11H2,1H3,(H,20,22);1-8H,9H2,(H,18,21)(H,19,20);;1H2/q;;+1;/p-1. The smallest absolute Gasteiger partial charge is 0.870 e. The Morgan fingerprint density at radius 3 is 1.43 bits per heavy atom. The van der Waals surface area contributed by atoms with E-state index >= 15 is 0 Å². The molecule has 6 rings (SSSR count). The third kappa shape index (κ3) is 8.22. The third-order valence-corrected chi connectivity index (χ3v) is 6.86. The predicted octanol–water partition coefficient (Wildman–Crippen LogP) is 1.74. The monoisotopic (exact) mass is 612 g/mol. The molecule has 46 heavy (non-hydrogen) atoms. The first-order valence-corrected chi connectivity index (χ1v) is 13.8. The van der Waals surface area contributed by atoms with E-state index in [1.165, 1.54) is 0 Å². The number of ether oxygens (including phenoxy) is 1. The Hall–Kier alpha value is -5.34. The average molecular weight is 613 g/mol. The molecule has 6 aromatic rings. The van der Waals surface area contributed by atoms with Crippen molar-refractivity contribution in [2.24, 2.45) is 0 Å². The van der Waals surface area contributed by atoms with E-state index in [4.69, 9.17) is 9.84 Å². The van der Waals surface area contributed by atoms with Crippen molar-refractivity contribution >= 4 is 33.5 Å². The maximum absolute atomic E-state index is 11.8. The molecule has 0 saturated carbocycles. The van der Waals surface area contributed by atoms with Crippen LogP contribution in [0.5, 0.6) is 0 Å². The molecule has 0 saturated heterocycles. The normalized spacial score (nSPS) is 10.2. The third-order valence-electron chi connectivity index (χ3n) is 6.86. The second-order valence-electron chi connectivity index (χ2n) is 9.84. The number of nitrogens with one attached hydrogen (secondary N) is 2. The minimum absolute atomic E-state index is 0. The zero-order valence-electron chi connectivity index (χ0n) is 25.2. The van der Waals surface area contributed by atoms with Crippen LogP contribution < -0.4 is 30.0 Å². The number of nitrogens with zero attached hydrogens (tertiary/aromatic N) is 2. The number of carbonyl (C=O) groups is 2. The number of carbonyl (C=O) groups excluding carboxylic acids is 1. The van der Waals surface area contributed by atoms with Crippen LogP contribution in [0.2, 0.25) is 0 Å². The van der Waals surface area contributed by atoms with E-state index < -0.39 is 5.97 Å². The van der Waals surface area contributed by atoms with Gasteiger partial charge >= 0.3 is 30.8 Å². The molecule has 0 amide bonds. The number of hydrogen-bond acceptors (Lipinski definition) is 8. The van der Waals surface area contributed by atoms with Gasteiger partial charge in [0.15, 0.2) is 0 Å². The molecule has 0 spiro atoms. The summed E-state index contributed by atoms with van der Waals surface area (Å²) in [4.78, 5) is 45.8. The molecule has 4 aromatic carbocycles. The van der Waals surface area contributed by atoms with Gasteiger partial charge < -0.3 is 15.3 Å². The van der Waals surface area contributed by atoms with Gasteiger partial charge in [0.25, 0.3) is 11.1 Å². The van der Waals surface area contributed by atoms with E-state index in [0.29, 0.717) is 28.8 Å². The maximum Gasteiger partial charge on any atom is 1.00 e. The Morgan fingerprint density at radius 1 is 0.652 bits per heavy atom. The second-order valence-corrected chi connectivity index (χ2v) is 9.84. The molecule has 0 fully saturated rings. The molecule has 0 unspecified atom stereocenters. The van der Waals surface area contributed by atoms with Crippen molar-refractivity contribution in [2.45, 2.75) is 19.8 Å². The molecule has 0 aliphatic carbocycles. The first-order valence-electron chi connectivity index (χ1n) is 13.8. The Labute approximate surface area is 274 Å². The number of rotatable bonds is 7. The van der Waals surface area contributed by atoms with Gasteiger partial charge in [0, 0.05) is 21.9 Å². The first-order chi connectivity index (χ1) is 21.3. The number of aliphatic carboxylic acids is 1. The molecule has 2 heterocycles. The van der Waals surface area contributed by atoms with Gasteiger partial charge in [-0.25, -0.2) is 10.2 Å². The quantitative estimate of drug-likeness (QED) is 0.178. The van der Waals surface area contributed by atoms with Crippen LogP contribution in [0.15, 0.2) is 107 Å². The van der Waals surface area contributed by atoms with E-state index in [1.54, 1.807) is 37.3 Å². The summed E-state index contributed by atoms with van der Waals surface area (Å²) < 4.78 is 4.94. The number of hydrogen-bond donors (Lipinski definition) is 3. The molecule has 0 aliphatic rings. The van der Waals surface area contributed by atoms with Gasteiger partial charge in [0.1, 0.15) is 0 Å². The molecule has 2 aromatic heterocycles. The van der Waals surface area contributed by atoms with Crippen LogP contribution in [0.4, 0.5) is 0 Å². The Bertz CT molecular complexity index is 2080. The van der Waals surface area contributed by atoms with Gasteiger partial charge in [-0.15, -0.1) is 0 Å². The largest absolute Gasteiger partial charge is 1.00 e. The number of aromatic amines is 2. The summed E-state index contributed by atoms with van der Waals surface area (Å²) in [6.07, 6.45) is 0.230. The molecular weight excluding hydrogens is 583 g/mol. The fourth-order valence-electron chi connectivity index (χ4n) is 4.78. The summed E-state index contributed by atoms with van der Waals surface area (Å²) >= 11 is 0. The number of benzene rings is 4. The van der Waals surface area contributed by atoms with Crippen molar-refractivity contribution in [3.8, 4) is 22.5 Å². The van der Waals surface area contributed by atoms with Crippen molar-refractivity contribution in [1.29, 1.82) is 0 Å². The second kappa shape index (κ2) is 16.1. The molecule has 11 nitrogen and oxygen atoms in total. The van der Waals surface area contributed by atoms with E-state index in [0.717, 1.165) is 33.0 Å². The van der Waals surface area contributed by atoms with Crippen molar-refractivity contribution in [2.75, 3.05) is 6.61 Å². The number of H-pyrrole nitrogens is 2. The van der Waals surface area contributed by atoms with Crippen LogP contribution in [-0.2, 0) is 27.2 Å². The SMILES string of the molecule is CCOC(=O)Cc1ccc(-c2n[nH]c(=O)c3ccccc23)cc1.O=C(O)Cc1ccc(-c2n[nH]c(=O)c3ccccc23)cc1.[Li+].[OH-]. The van der Waals surface area contributed by atoms with Crippen LogP contribution in [0, 0.1) is 0 Å². The van der Waals surface area contributed by atoms with Crippen LogP contribution in [-0.4, -0.2) is 49.5 Å². The number of esters is 1. The summed E-state index contributed by atoms with van der Waals surface area (Å²) in [6, 6.07) is 29.2. The van der Waals surface area contributed by atoms with Crippen LogP contribution in [0.3, 0.4) is 0 Å². The molecule has 12 heteroatoms. The van der Waals surface area contributed by atoms with Crippen molar-refractivity contribution < 1.29 is 43.8 Å². The van der Waals surface area contributed by atoms with Crippen molar-refractivity contribution in [3.05, 3.63) is 129 Å². The minimum atomic E-state index is -0.865. The molecule has 228 valence electrons. The first kappa shape index (κ1) is 35.1. The van der Waals surface area contributed by atoms with E-state index in [2.05, 4.69) is 20.4 Å². The summed E-state index contributed by atoms with van der Waals surface area (Å²) in [6.45, 7) is 2.16. The summed E-state index contributed by atoms with van der Waals surface area (Å²) in [5.74, 6) is -1.11. The van der Waals surface area contributed by atoms with Gasteiger partial charge in [0.05, 0.1) is 41.6 Å². The van der Waals surface area contributed by atoms with Gasteiger partial charge in [-0.05, 0) is 30.2 Å². The molecular formula is C34H29LiN4O7. The maximum atomic E-state index is 11.8. The topological polar surface area (TPSA) is 185 Å². The van der Waals surface area contributed by atoms with E-state index in [9.17, 15) is 19.2 Å². The van der Waals surface area contributed by atoms with Crippen molar-refractivity contribution in [3.63, 3.8) is 0 Å². The molecule has 4 N–H and O–H groups in total.